The Labute approximate surface area is 108 Å². The molecule has 0 saturated heterocycles. The Morgan fingerprint density at radius 2 is 1.88 bits per heavy atom. The molecule has 100 valence electrons. The molecule has 0 aliphatic carbocycles. The summed E-state index contributed by atoms with van der Waals surface area (Å²) in [4.78, 5) is 21.7. The van der Waals surface area contributed by atoms with E-state index in [9.17, 15) is 9.59 Å². The molecule has 0 aromatic heterocycles. The van der Waals surface area contributed by atoms with Gasteiger partial charge in [0.25, 0.3) is 0 Å². The molecule has 0 radical (unpaired) electrons. The maximum atomic E-state index is 10.9. The van der Waals surface area contributed by atoms with Crippen LogP contribution in [0, 0.1) is 5.92 Å². The van der Waals surface area contributed by atoms with Crippen molar-refractivity contribution in [2.75, 3.05) is 11.5 Å². The van der Waals surface area contributed by atoms with Gasteiger partial charge in [-0.3, -0.25) is 4.79 Å². The standard InChI is InChI=1S/C12H23NO3S/c1-4-10(5-2)8-17-7-6-11(12(15)16)13-9(3)14/h10-11H,4-8H2,1-3H3,(H,13,14)(H,15,16). The third kappa shape index (κ3) is 8.07. The highest BCUT2D eigenvalue weighted by Gasteiger charge is 2.17. The predicted molar refractivity (Wildman–Crippen MR) is 71.3 cm³/mol. The van der Waals surface area contributed by atoms with Crippen LogP contribution in [-0.4, -0.2) is 34.5 Å². The topological polar surface area (TPSA) is 66.4 Å². The number of aliphatic carboxylic acids is 1. The molecule has 0 aliphatic rings. The van der Waals surface area contributed by atoms with E-state index >= 15 is 0 Å². The maximum Gasteiger partial charge on any atom is 0.326 e. The van der Waals surface area contributed by atoms with Gasteiger partial charge in [-0.1, -0.05) is 26.7 Å². The van der Waals surface area contributed by atoms with Gasteiger partial charge in [0.2, 0.25) is 5.91 Å². The molecule has 0 bridgehead atoms. The summed E-state index contributed by atoms with van der Waals surface area (Å²) in [5, 5.41) is 11.3. The van der Waals surface area contributed by atoms with E-state index in [1.807, 2.05) is 0 Å². The van der Waals surface area contributed by atoms with Gasteiger partial charge >= 0.3 is 5.97 Å². The number of thioether (sulfide) groups is 1. The van der Waals surface area contributed by atoms with E-state index < -0.39 is 12.0 Å². The Bertz CT molecular complexity index is 242. The molecule has 1 atom stereocenters. The van der Waals surface area contributed by atoms with Crippen molar-refractivity contribution in [3.8, 4) is 0 Å². The van der Waals surface area contributed by atoms with Crippen LogP contribution in [0.4, 0.5) is 0 Å². The summed E-state index contributed by atoms with van der Waals surface area (Å²) >= 11 is 1.77. The molecule has 0 spiro atoms. The highest BCUT2D eigenvalue weighted by atomic mass is 32.2. The monoisotopic (exact) mass is 261 g/mol. The molecule has 0 heterocycles. The van der Waals surface area contributed by atoms with E-state index in [0.29, 0.717) is 12.3 Å². The first-order chi connectivity index (χ1) is 8.01. The molecular formula is C12H23NO3S. The predicted octanol–water partition coefficient (Wildman–Crippen LogP) is 2.14. The molecule has 4 nitrogen and oxygen atoms in total. The average Bonchev–Trinajstić information content (AvgIpc) is 2.27. The van der Waals surface area contributed by atoms with Gasteiger partial charge < -0.3 is 10.4 Å². The summed E-state index contributed by atoms with van der Waals surface area (Å²) in [5.41, 5.74) is 0. The van der Waals surface area contributed by atoms with Crippen molar-refractivity contribution in [1.29, 1.82) is 0 Å². The van der Waals surface area contributed by atoms with Gasteiger partial charge in [0.05, 0.1) is 0 Å². The minimum absolute atomic E-state index is 0.289. The van der Waals surface area contributed by atoms with Crippen molar-refractivity contribution in [3.05, 3.63) is 0 Å². The molecular weight excluding hydrogens is 238 g/mol. The van der Waals surface area contributed by atoms with Gasteiger partial charge in [0.1, 0.15) is 6.04 Å². The van der Waals surface area contributed by atoms with Gasteiger partial charge in [-0.25, -0.2) is 4.79 Å². The first-order valence-electron chi connectivity index (χ1n) is 6.08. The lowest BCUT2D eigenvalue weighted by Crippen LogP contribution is -2.39. The Hall–Kier alpha value is -0.710. The van der Waals surface area contributed by atoms with Crippen LogP contribution < -0.4 is 5.32 Å². The van der Waals surface area contributed by atoms with Crippen LogP contribution in [0.3, 0.4) is 0 Å². The lowest BCUT2D eigenvalue weighted by Gasteiger charge is -2.14. The number of hydrogen-bond acceptors (Lipinski definition) is 3. The van der Waals surface area contributed by atoms with Gasteiger partial charge in [0.15, 0.2) is 0 Å². The third-order valence-electron chi connectivity index (χ3n) is 2.73. The zero-order valence-corrected chi connectivity index (χ0v) is 11.7. The number of nitrogens with one attached hydrogen (secondary N) is 1. The van der Waals surface area contributed by atoms with Crippen molar-refractivity contribution in [2.24, 2.45) is 5.92 Å². The lowest BCUT2D eigenvalue weighted by atomic mass is 10.1. The maximum absolute atomic E-state index is 10.9. The highest BCUT2D eigenvalue weighted by molar-refractivity contribution is 7.99. The van der Waals surface area contributed by atoms with Crippen molar-refractivity contribution >= 4 is 23.6 Å². The fraction of sp³-hybridized carbons (Fsp3) is 0.833. The number of amides is 1. The van der Waals surface area contributed by atoms with Gasteiger partial charge in [-0.2, -0.15) is 11.8 Å². The summed E-state index contributed by atoms with van der Waals surface area (Å²) in [7, 11) is 0. The molecule has 5 heteroatoms. The van der Waals surface area contributed by atoms with Crippen LogP contribution in [0.15, 0.2) is 0 Å². The molecule has 1 unspecified atom stereocenters. The van der Waals surface area contributed by atoms with Crippen LogP contribution in [0.5, 0.6) is 0 Å². The number of hydrogen-bond donors (Lipinski definition) is 2. The van der Waals surface area contributed by atoms with Crippen molar-refractivity contribution < 1.29 is 14.7 Å². The fourth-order valence-corrected chi connectivity index (χ4v) is 2.85. The lowest BCUT2D eigenvalue weighted by molar-refractivity contribution is -0.141. The number of rotatable bonds is 9. The Kier molecular flexibility index (Phi) is 8.94. The van der Waals surface area contributed by atoms with E-state index in [-0.39, 0.29) is 5.91 Å². The van der Waals surface area contributed by atoms with Crippen molar-refractivity contribution in [3.63, 3.8) is 0 Å². The highest BCUT2D eigenvalue weighted by Crippen LogP contribution is 2.16. The van der Waals surface area contributed by atoms with E-state index in [1.54, 1.807) is 11.8 Å². The quantitative estimate of drug-likeness (QED) is 0.624. The summed E-state index contributed by atoms with van der Waals surface area (Å²) < 4.78 is 0. The largest absolute Gasteiger partial charge is 0.480 e. The average molecular weight is 261 g/mol. The van der Waals surface area contributed by atoms with Gasteiger partial charge in [0, 0.05) is 6.92 Å². The molecule has 0 rings (SSSR count). The molecule has 0 fully saturated rings. The van der Waals surface area contributed by atoms with E-state index in [2.05, 4.69) is 19.2 Å². The normalized spacial score (nSPS) is 12.5. The number of carbonyl (C=O) groups is 2. The second-order valence-electron chi connectivity index (χ2n) is 4.14. The molecule has 17 heavy (non-hydrogen) atoms. The van der Waals surface area contributed by atoms with Crippen LogP contribution in [-0.2, 0) is 9.59 Å². The minimum Gasteiger partial charge on any atom is -0.480 e. The second kappa shape index (κ2) is 9.33. The smallest absolute Gasteiger partial charge is 0.326 e. The van der Waals surface area contributed by atoms with Crippen LogP contribution in [0.1, 0.15) is 40.0 Å². The summed E-state index contributed by atoms with van der Waals surface area (Å²) in [6.07, 6.45) is 2.81. The molecule has 0 aromatic rings. The zero-order chi connectivity index (χ0) is 13.3. The van der Waals surface area contributed by atoms with Gasteiger partial charge in [-0.15, -0.1) is 0 Å². The third-order valence-corrected chi connectivity index (χ3v) is 3.97. The van der Waals surface area contributed by atoms with E-state index in [1.165, 1.54) is 6.92 Å². The Balaban J connectivity index is 3.82. The number of carbonyl (C=O) groups excluding carboxylic acids is 1. The molecule has 0 aliphatic heterocycles. The zero-order valence-electron chi connectivity index (χ0n) is 10.9. The SMILES string of the molecule is CCC(CC)CSCCC(NC(C)=O)C(=O)O. The van der Waals surface area contributed by atoms with E-state index in [4.69, 9.17) is 5.11 Å². The molecule has 0 saturated carbocycles. The summed E-state index contributed by atoms with van der Waals surface area (Å²) in [6.45, 7) is 5.69. The Morgan fingerprint density at radius 3 is 2.29 bits per heavy atom. The molecule has 0 aromatic carbocycles. The fourth-order valence-electron chi connectivity index (χ4n) is 1.48. The van der Waals surface area contributed by atoms with E-state index in [0.717, 1.165) is 24.3 Å². The Morgan fingerprint density at radius 1 is 1.29 bits per heavy atom. The minimum atomic E-state index is -0.955. The van der Waals surface area contributed by atoms with Gasteiger partial charge in [-0.05, 0) is 23.8 Å². The van der Waals surface area contributed by atoms with Crippen LogP contribution >= 0.6 is 11.8 Å². The summed E-state index contributed by atoms with van der Waals surface area (Å²) in [5.74, 6) is 1.31. The second-order valence-corrected chi connectivity index (χ2v) is 5.29. The van der Waals surface area contributed by atoms with Crippen LogP contribution in [0.25, 0.3) is 0 Å². The summed E-state index contributed by atoms with van der Waals surface area (Å²) in [6, 6.07) is -0.748. The van der Waals surface area contributed by atoms with Crippen molar-refractivity contribution in [1.82, 2.24) is 5.32 Å². The van der Waals surface area contributed by atoms with Crippen LogP contribution in [0.2, 0.25) is 0 Å². The number of carboxylic acid groups (broad SMARTS) is 1. The molecule has 1 amide bonds. The van der Waals surface area contributed by atoms with Crippen molar-refractivity contribution in [2.45, 2.75) is 46.1 Å². The first kappa shape index (κ1) is 16.3. The molecule has 2 N–H and O–H groups in total. The first-order valence-corrected chi connectivity index (χ1v) is 7.24. The number of carboxylic acids is 1.